The number of amides is 1. The van der Waals surface area contributed by atoms with Gasteiger partial charge in [-0.2, -0.15) is 0 Å². The number of hydrogen-bond acceptors (Lipinski definition) is 3. The lowest BCUT2D eigenvalue weighted by atomic mass is 10.3. The summed E-state index contributed by atoms with van der Waals surface area (Å²) in [6, 6.07) is 0. The normalized spacial score (nSPS) is 14.2. The molecule has 16 heavy (non-hydrogen) atoms. The van der Waals surface area contributed by atoms with Gasteiger partial charge in [0, 0.05) is 11.8 Å². The highest BCUT2D eigenvalue weighted by atomic mass is 32.2. The fourth-order valence-corrected chi connectivity index (χ4v) is 2.38. The Morgan fingerprint density at radius 3 is 2.50 bits per heavy atom. The molecule has 2 atom stereocenters. The predicted octanol–water partition coefficient (Wildman–Crippen LogP) is 1.89. The molecule has 0 rings (SSSR count). The average molecular weight is 247 g/mol. The first-order chi connectivity index (χ1) is 7.47. The molecule has 0 aromatic carbocycles. The van der Waals surface area contributed by atoms with Gasteiger partial charge < -0.3 is 10.4 Å². The molecule has 0 aliphatic carbocycles. The number of carboxylic acid groups (broad SMARTS) is 1. The summed E-state index contributed by atoms with van der Waals surface area (Å²) in [7, 11) is 0. The summed E-state index contributed by atoms with van der Waals surface area (Å²) in [6.07, 6.45) is 2.13. The number of hydrogen-bond donors (Lipinski definition) is 2. The summed E-state index contributed by atoms with van der Waals surface area (Å²) >= 11 is 1.40. The van der Waals surface area contributed by atoms with Crippen molar-refractivity contribution in [1.82, 2.24) is 5.32 Å². The molecule has 0 aliphatic heterocycles. The van der Waals surface area contributed by atoms with Crippen LogP contribution >= 0.6 is 11.8 Å². The third kappa shape index (κ3) is 7.56. The fourth-order valence-electron chi connectivity index (χ4n) is 1.24. The molecule has 0 spiro atoms. The largest absolute Gasteiger partial charge is 0.481 e. The number of aliphatic carboxylic acids is 1. The molecule has 0 bridgehead atoms. The smallest absolute Gasteiger partial charge is 0.304 e. The van der Waals surface area contributed by atoms with Crippen LogP contribution in [0.25, 0.3) is 0 Å². The van der Waals surface area contributed by atoms with Crippen molar-refractivity contribution in [2.75, 3.05) is 6.54 Å². The van der Waals surface area contributed by atoms with Crippen LogP contribution in [-0.4, -0.2) is 34.0 Å². The lowest BCUT2D eigenvalue weighted by Crippen LogP contribution is -2.32. The molecular weight excluding hydrogens is 226 g/mol. The molecule has 2 unspecified atom stereocenters. The van der Waals surface area contributed by atoms with Gasteiger partial charge in [0.2, 0.25) is 5.91 Å². The maximum Gasteiger partial charge on any atom is 0.304 e. The topological polar surface area (TPSA) is 66.4 Å². The molecule has 1 amide bonds. The van der Waals surface area contributed by atoms with E-state index in [0.717, 1.165) is 12.8 Å². The average Bonchev–Trinajstić information content (AvgIpc) is 2.16. The van der Waals surface area contributed by atoms with Crippen LogP contribution in [0.15, 0.2) is 0 Å². The Bertz CT molecular complexity index is 233. The number of nitrogens with one attached hydrogen (secondary N) is 1. The Kier molecular flexibility index (Phi) is 8.07. The van der Waals surface area contributed by atoms with Gasteiger partial charge in [0.15, 0.2) is 0 Å². The second-order valence-electron chi connectivity index (χ2n) is 3.83. The minimum absolute atomic E-state index is 0.00399. The van der Waals surface area contributed by atoms with Gasteiger partial charge in [0.25, 0.3) is 0 Å². The molecule has 4 nitrogen and oxygen atoms in total. The quantitative estimate of drug-likeness (QED) is 0.643. The van der Waals surface area contributed by atoms with Gasteiger partial charge in [-0.3, -0.25) is 9.59 Å². The number of carbonyl (C=O) groups is 2. The molecule has 0 fully saturated rings. The van der Waals surface area contributed by atoms with Gasteiger partial charge in [0.1, 0.15) is 0 Å². The van der Waals surface area contributed by atoms with E-state index < -0.39 is 5.97 Å². The van der Waals surface area contributed by atoms with E-state index in [-0.39, 0.29) is 22.8 Å². The first kappa shape index (κ1) is 15.3. The Hall–Kier alpha value is -0.710. The predicted molar refractivity (Wildman–Crippen MR) is 66.7 cm³/mol. The van der Waals surface area contributed by atoms with Gasteiger partial charge in [-0.1, -0.05) is 20.3 Å². The van der Waals surface area contributed by atoms with Crippen LogP contribution in [0.5, 0.6) is 0 Å². The van der Waals surface area contributed by atoms with Crippen molar-refractivity contribution in [3.05, 3.63) is 0 Å². The Morgan fingerprint density at radius 2 is 2.00 bits per heavy atom. The summed E-state index contributed by atoms with van der Waals surface area (Å²) in [4.78, 5) is 22.0. The van der Waals surface area contributed by atoms with Crippen LogP contribution in [0.2, 0.25) is 0 Å². The SMILES string of the molecule is CCCCNC(=O)C(C)SC(C)CC(=O)O. The van der Waals surface area contributed by atoms with Gasteiger partial charge in [-0.25, -0.2) is 0 Å². The molecule has 2 N–H and O–H groups in total. The summed E-state index contributed by atoms with van der Waals surface area (Å²) in [6.45, 7) is 6.41. The summed E-state index contributed by atoms with van der Waals surface area (Å²) in [5.41, 5.74) is 0. The van der Waals surface area contributed by atoms with E-state index in [1.54, 1.807) is 0 Å². The van der Waals surface area contributed by atoms with Crippen molar-refractivity contribution >= 4 is 23.6 Å². The van der Waals surface area contributed by atoms with Gasteiger partial charge in [-0.15, -0.1) is 11.8 Å². The molecule has 0 aliphatic rings. The summed E-state index contributed by atoms with van der Waals surface area (Å²) in [5.74, 6) is -0.825. The molecule has 0 heterocycles. The number of carbonyl (C=O) groups excluding carboxylic acids is 1. The van der Waals surface area contributed by atoms with Crippen LogP contribution in [0.4, 0.5) is 0 Å². The highest BCUT2D eigenvalue weighted by Crippen LogP contribution is 2.20. The van der Waals surface area contributed by atoms with Gasteiger partial charge in [0.05, 0.1) is 11.7 Å². The third-order valence-electron chi connectivity index (χ3n) is 2.10. The first-order valence-electron chi connectivity index (χ1n) is 5.62. The van der Waals surface area contributed by atoms with E-state index in [0.29, 0.717) is 6.54 Å². The Labute approximate surface area is 101 Å². The number of thioether (sulfide) groups is 1. The Balaban J connectivity index is 3.81. The molecule has 94 valence electrons. The maximum atomic E-state index is 11.6. The maximum absolute atomic E-state index is 11.6. The highest BCUT2D eigenvalue weighted by Gasteiger charge is 2.17. The third-order valence-corrected chi connectivity index (χ3v) is 3.35. The number of carboxylic acids is 1. The molecule has 0 saturated carbocycles. The molecule has 0 radical (unpaired) electrons. The van der Waals surface area contributed by atoms with E-state index in [9.17, 15) is 9.59 Å². The zero-order chi connectivity index (χ0) is 12.6. The van der Waals surface area contributed by atoms with Crippen molar-refractivity contribution < 1.29 is 14.7 Å². The summed E-state index contributed by atoms with van der Waals surface area (Å²) in [5, 5.41) is 11.2. The van der Waals surface area contributed by atoms with E-state index in [1.165, 1.54) is 11.8 Å². The second kappa shape index (κ2) is 8.44. The molecule has 0 saturated heterocycles. The number of unbranched alkanes of at least 4 members (excludes halogenated alkanes) is 1. The van der Waals surface area contributed by atoms with Crippen molar-refractivity contribution in [2.24, 2.45) is 0 Å². The lowest BCUT2D eigenvalue weighted by molar-refractivity contribution is -0.136. The van der Waals surface area contributed by atoms with Gasteiger partial charge >= 0.3 is 5.97 Å². The highest BCUT2D eigenvalue weighted by molar-refractivity contribution is 8.01. The minimum Gasteiger partial charge on any atom is -0.481 e. The zero-order valence-electron chi connectivity index (χ0n) is 10.2. The second-order valence-corrected chi connectivity index (χ2v) is 5.62. The Morgan fingerprint density at radius 1 is 1.38 bits per heavy atom. The molecule has 0 aromatic rings. The summed E-state index contributed by atoms with van der Waals surface area (Å²) < 4.78 is 0. The van der Waals surface area contributed by atoms with Crippen LogP contribution < -0.4 is 5.32 Å². The van der Waals surface area contributed by atoms with Crippen LogP contribution in [-0.2, 0) is 9.59 Å². The van der Waals surface area contributed by atoms with Gasteiger partial charge in [-0.05, 0) is 13.3 Å². The first-order valence-corrected chi connectivity index (χ1v) is 6.56. The lowest BCUT2D eigenvalue weighted by Gasteiger charge is -2.15. The van der Waals surface area contributed by atoms with Crippen LogP contribution in [0.1, 0.15) is 40.0 Å². The standard InChI is InChI=1S/C11H21NO3S/c1-4-5-6-12-11(15)9(3)16-8(2)7-10(13)14/h8-9H,4-7H2,1-3H3,(H,12,15)(H,13,14). The monoisotopic (exact) mass is 247 g/mol. The van der Waals surface area contributed by atoms with Crippen molar-refractivity contribution in [3.63, 3.8) is 0 Å². The van der Waals surface area contributed by atoms with Crippen molar-refractivity contribution in [1.29, 1.82) is 0 Å². The van der Waals surface area contributed by atoms with E-state index in [4.69, 9.17) is 5.11 Å². The van der Waals surface area contributed by atoms with Crippen LogP contribution in [0.3, 0.4) is 0 Å². The van der Waals surface area contributed by atoms with E-state index >= 15 is 0 Å². The number of rotatable bonds is 8. The van der Waals surface area contributed by atoms with E-state index in [1.807, 2.05) is 13.8 Å². The van der Waals surface area contributed by atoms with Crippen molar-refractivity contribution in [3.8, 4) is 0 Å². The molecular formula is C11H21NO3S. The van der Waals surface area contributed by atoms with Crippen LogP contribution in [0, 0.1) is 0 Å². The fraction of sp³-hybridized carbons (Fsp3) is 0.818. The molecule has 0 aromatic heterocycles. The van der Waals surface area contributed by atoms with Crippen molar-refractivity contribution in [2.45, 2.75) is 50.5 Å². The molecule has 5 heteroatoms. The zero-order valence-corrected chi connectivity index (χ0v) is 11.0. The minimum atomic E-state index is -0.821. The van der Waals surface area contributed by atoms with E-state index in [2.05, 4.69) is 12.2 Å².